The number of rotatable bonds is 4. The third-order valence-electron chi connectivity index (χ3n) is 2.82. The van der Waals surface area contributed by atoms with E-state index < -0.39 is 22.3 Å². The summed E-state index contributed by atoms with van der Waals surface area (Å²) >= 11 is 3.11. The van der Waals surface area contributed by atoms with Crippen molar-refractivity contribution >= 4 is 33.7 Å². The van der Waals surface area contributed by atoms with Gasteiger partial charge in [0.2, 0.25) is 5.75 Å². The second-order valence-electron chi connectivity index (χ2n) is 4.51. The summed E-state index contributed by atoms with van der Waals surface area (Å²) in [5.41, 5.74) is 2.98. The van der Waals surface area contributed by atoms with Crippen molar-refractivity contribution < 1.29 is 14.8 Å². The number of hydrazone groups is 1. The highest BCUT2D eigenvalue weighted by atomic mass is 79.9. The number of aryl methyl sites for hydroxylation is 1. The van der Waals surface area contributed by atoms with E-state index in [1.807, 2.05) is 0 Å². The number of hydrogen-bond acceptors (Lipinski definition) is 6. The van der Waals surface area contributed by atoms with Gasteiger partial charge < -0.3 is 5.11 Å². The van der Waals surface area contributed by atoms with Crippen molar-refractivity contribution in [3.8, 4) is 5.75 Å². The number of nitro benzene ring substituents is 1. The van der Waals surface area contributed by atoms with Crippen molar-refractivity contribution in [1.82, 2.24) is 10.4 Å². The van der Waals surface area contributed by atoms with Crippen molar-refractivity contribution in [2.45, 2.75) is 6.92 Å². The number of aromatic nitrogens is 1. The van der Waals surface area contributed by atoms with Crippen LogP contribution in [-0.4, -0.2) is 27.1 Å². The largest absolute Gasteiger partial charge is 0.502 e. The number of phenolic OH excluding ortho intramolecular Hbond substituents is 1. The molecule has 0 bridgehead atoms. The van der Waals surface area contributed by atoms with Gasteiger partial charge in [0.1, 0.15) is 0 Å². The first kappa shape index (κ1) is 16.6. The number of phenols is 1. The molecule has 1 aromatic heterocycles. The number of halogens is 1. The summed E-state index contributed by atoms with van der Waals surface area (Å²) in [4.78, 5) is 25.9. The minimum atomic E-state index is -0.714. The van der Waals surface area contributed by atoms with Gasteiger partial charge in [-0.05, 0) is 25.1 Å². The molecule has 0 radical (unpaired) electrons. The molecule has 2 aromatic rings. The first-order valence-corrected chi connectivity index (χ1v) is 7.10. The number of nitro groups is 1. The monoisotopic (exact) mass is 378 g/mol. The highest BCUT2D eigenvalue weighted by molar-refractivity contribution is 9.10. The number of hydrogen-bond donors (Lipinski definition) is 2. The molecule has 8 nitrogen and oxygen atoms in total. The van der Waals surface area contributed by atoms with E-state index in [1.54, 1.807) is 19.1 Å². The molecule has 23 heavy (non-hydrogen) atoms. The Morgan fingerprint density at radius 2 is 2.22 bits per heavy atom. The Bertz CT molecular complexity index is 790. The van der Waals surface area contributed by atoms with Crippen LogP contribution in [0.5, 0.6) is 5.75 Å². The van der Waals surface area contributed by atoms with Crippen molar-refractivity contribution in [2.24, 2.45) is 5.10 Å². The zero-order valence-corrected chi connectivity index (χ0v) is 13.4. The molecule has 1 aromatic carbocycles. The van der Waals surface area contributed by atoms with E-state index in [2.05, 4.69) is 31.4 Å². The molecule has 2 rings (SSSR count). The zero-order valence-electron chi connectivity index (χ0n) is 11.9. The second kappa shape index (κ2) is 6.97. The molecular weight excluding hydrogens is 368 g/mol. The van der Waals surface area contributed by atoms with Crippen LogP contribution in [0.1, 0.15) is 21.6 Å². The van der Waals surface area contributed by atoms with Crippen molar-refractivity contribution in [3.05, 3.63) is 61.9 Å². The van der Waals surface area contributed by atoms with Crippen LogP contribution < -0.4 is 5.43 Å². The molecule has 9 heteroatoms. The van der Waals surface area contributed by atoms with E-state index >= 15 is 0 Å². The summed E-state index contributed by atoms with van der Waals surface area (Å²) in [6.07, 6.45) is 2.52. The first-order chi connectivity index (χ1) is 10.9. The number of carbonyl (C=O) groups excluding carboxylic acids is 1. The molecule has 118 valence electrons. The Morgan fingerprint density at radius 3 is 2.83 bits per heavy atom. The van der Waals surface area contributed by atoms with Crippen molar-refractivity contribution in [1.29, 1.82) is 0 Å². The molecule has 0 aliphatic carbocycles. The Kier molecular flexibility index (Phi) is 5.02. The van der Waals surface area contributed by atoms with Crippen molar-refractivity contribution in [3.63, 3.8) is 0 Å². The van der Waals surface area contributed by atoms with Gasteiger partial charge in [-0.25, -0.2) is 5.43 Å². The average Bonchev–Trinajstić information content (AvgIpc) is 2.50. The lowest BCUT2D eigenvalue weighted by molar-refractivity contribution is -0.385. The smallest absolute Gasteiger partial charge is 0.312 e. The van der Waals surface area contributed by atoms with E-state index in [-0.39, 0.29) is 5.56 Å². The van der Waals surface area contributed by atoms with Gasteiger partial charge in [-0.15, -0.1) is 0 Å². The number of nitrogens with one attached hydrogen (secondary N) is 1. The van der Waals surface area contributed by atoms with E-state index in [9.17, 15) is 20.0 Å². The Labute approximate surface area is 139 Å². The fourth-order valence-corrected chi connectivity index (χ4v) is 2.13. The zero-order chi connectivity index (χ0) is 17.0. The molecule has 0 unspecified atom stereocenters. The van der Waals surface area contributed by atoms with Gasteiger partial charge in [0.25, 0.3) is 5.91 Å². The van der Waals surface area contributed by atoms with Crippen LogP contribution in [0.25, 0.3) is 0 Å². The van der Waals surface area contributed by atoms with Gasteiger partial charge in [0.05, 0.1) is 16.7 Å². The average molecular weight is 379 g/mol. The number of nitrogens with zero attached hydrogens (tertiary/aromatic N) is 3. The Hall–Kier alpha value is -2.81. The molecular formula is C14H11BrN4O4. The van der Waals surface area contributed by atoms with E-state index in [4.69, 9.17) is 0 Å². The van der Waals surface area contributed by atoms with Crippen LogP contribution in [0, 0.1) is 17.0 Å². The van der Waals surface area contributed by atoms with Gasteiger partial charge in [0.15, 0.2) is 0 Å². The number of amides is 1. The summed E-state index contributed by atoms with van der Waals surface area (Å²) < 4.78 is 0.400. The lowest BCUT2D eigenvalue weighted by Gasteiger charge is -2.02. The lowest BCUT2D eigenvalue weighted by Crippen LogP contribution is -2.17. The van der Waals surface area contributed by atoms with Crippen LogP contribution in [-0.2, 0) is 0 Å². The first-order valence-electron chi connectivity index (χ1n) is 6.31. The van der Waals surface area contributed by atoms with Gasteiger partial charge in [0, 0.05) is 28.0 Å². The predicted octanol–water partition coefficient (Wildman–Crippen LogP) is 2.53. The quantitative estimate of drug-likeness (QED) is 0.481. The number of pyridine rings is 1. The maximum Gasteiger partial charge on any atom is 0.312 e. The van der Waals surface area contributed by atoms with Crippen LogP contribution in [0.2, 0.25) is 0 Å². The summed E-state index contributed by atoms with van der Waals surface area (Å²) in [6.45, 7) is 1.79. The Morgan fingerprint density at radius 1 is 1.48 bits per heavy atom. The fraction of sp³-hybridized carbons (Fsp3) is 0.0714. The highest BCUT2D eigenvalue weighted by Crippen LogP contribution is 2.32. The third kappa shape index (κ3) is 4.10. The maximum absolute atomic E-state index is 11.8. The molecule has 2 N–H and O–H groups in total. The summed E-state index contributed by atoms with van der Waals surface area (Å²) in [5, 5.41) is 24.3. The molecule has 0 fully saturated rings. The predicted molar refractivity (Wildman–Crippen MR) is 86.5 cm³/mol. The molecule has 0 saturated carbocycles. The molecule has 0 aliphatic heterocycles. The fourth-order valence-electron chi connectivity index (χ4n) is 1.67. The highest BCUT2D eigenvalue weighted by Gasteiger charge is 2.17. The van der Waals surface area contributed by atoms with E-state index in [0.29, 0.717) is 10.0 Å². The molecule has 0 aliphatic rings. The van der Waals surface area contributed by atoms with Crippen molar-refractivity contribution in [2.75, 3.05) is 0 Å². The number of carbonyl (C=O) groups is 1. The number of benzene rings is 1. The van der Waals surface area contributed by atoms with Crippen LogP contribution in [0.3, 0.4) is 0 Å². The maximum atomic E-state index is 11.8. The molecule has 0 saturated heterocycles. The molecule has 1 heterocycles. The van der Waals surface area contributed by atoms with Gasteiger partial charge in [-0.1, -0.05) is 15.9 Å². The molecule has 1 amide bonds. The summed E-state index contributed by atoms with van der Waals surface area (Å²) in [7, 11) is 0. The van der Waals surface area contributed by atoms with Crippen LogP contribution >= 0.6 is 15.9 Å². The topological polar surface area (TPSA) is 118 Å². The minimum Gasteiger partial charge on any atom is -0.502 e. The van der Waals surface area contributed by atoms with Gasteiger partial charge in [-0.3, -0.25) is 19.9 Å². The van der Waals surface area contributed by atoms with E-state index in [1.165, 1.54) is 18.3 Å². The van der Waals surface area contributed by atoms with Gasteiger partial charge >= 0.3 is 5.69 Å². The summed E-state index contributed by atoms with van der Waals surface area (Å²) in [5.74, 6) is -1.02. The van der Waals surface area contributed by atoms with E-state index in [0.717, 1.165) is 11.9 Å². The Balaban J connectivity index is 2.16. The van der Waals surface area contributed by atoms with Crippen LogP contribution in [0.4, 0.5) is 5.69 Å². The normalized spacial score (nSPS) is 10.7. The standard InChI is InChI=1S/C14H11BrN4O4/c1-8-2-3-9(6-16-8)14(21)18-17-7-10-4-11(15)5-12(13(10)20)19(22)23/h2-7,20H,1H3,(H,18,21). The lowest BCUT2D eigenvalue weighted by atomic mass is 10.2. The van der Waals surface area contributed by atoms with Crippen LogP contribution in [0.15, 0.2) is 40.0 Å². The minimum absolute atomic E-state index is 0.0911. The molecule has 0 spiro atoms. The summed E-state index contributed by atoms with van der Waals surface area (Å²) in [6, 6.07) is 5.88. The van der Waals surface area contributed by atoms with Gasteiger partial charge in [-0.2, -0.15) is 5.10 Å². The molecule has 0 atom stereocenters. The third-order valence-corrected chi connectivity index (χ3v) is 3.28. The SMILES string of the molecule is Cc1ccc(C(=O)NN=Cc2cc(Br)cc([N+](=O)[O-])c2O)cn1. The second-order valence-corrected chi connectivity index (χ2v) is 5.42. The number of aromatic hydroxyl groups is 1.